The van der Waals surface area contributed by atoms with Crippen LogP contribution in [0.3, 0.4) is 0 Å². The standard InChI is InChI=1S/C15H23N3O2/c1-5-8-17-14(19)11(3)18-15(20)12-6-7-13(16-4)10(2)9-12/h6-7,9,11,16H,5,8H2,1-4H3,(H,17,19)(H,18,20). The van der Waals surface area contributed by atoms with Crippen LogP contribution in [0.1, 0.15) is 36.2 Å². The van der Waals surface area contributed by atoms with E-state index in [1.54, 1.807) is 19.1 Å². The molecule has 0 aliphatic rings. The van der Waals surface area contributed by atoms with Crippen molar-refractivity contribution in [2.24, 2.45) is 0 Å². The SMILES string of the molecule is CCCNC(=O)C(C)NC(=O)c1ccc(NC)c(C)c1. The third-order valence-corrected chi connectivity index (χ3v) is 3.05. The van der Waals surface area contributed by atoms with Gasteiger partial charge in [0.25, 0.3) is 5.91 Å². The molecule has 0 aliphatic heterocycles. The molecule has 1 unspecified atom stereocenters. The average molecular weight is 277 g/mol. The minimum absolute atomic E-state index is 0.163. The summed E-state index contributed by atoms with van der Waals surface area (Å²) in [6, 6.07) is 4.85. The van der Waals surface area contributed by atoms with Crippen molar-refractivity contribution in [2.75, 3.05) is 18.9 Å². The van der Waals surface area contributed by atoms with E-state index < -0.39 is 6.04 Å². The van der Waals surface area contributed by atoms with Gasteiger partial charge in [0, 0.05) is 24.8 Å². The lowest BCUT2D eigenvalue weighted by Gasteiger charge is -2.14. The lowest BCUT2D eigenvalue weighted by atomic mass is 10.1. The second-order valence-electron chi connectivity index (χ2n) is 4.77. The Balaban J connectivity index is 2.66. The zero-order valence-electron chi connectivity index (χ0n) is 12.5. The largest absolute Gasteiger partial charge is 0.388 e. The van der Waals surface area contributed by atoms with Crippen LogP contribution in [0.4, 0.5) is 5.69 Å². The third kappa shape index (κ3) is 4.26. The van der Waals surface area contributed by atoms with Crippen LogP contribution in [0.25, 0.3) is 0 Å². The Bertz CT molecular complexity index is 486. The molecule has 0 aliphatic carbocycles. The predicted octanol–water partition coefficient (Wildman–Crippen LogP) is 1.68. The number of carbonyl (C=O) groups is 2. The molecule has 0 aromatic heterocycles. The molecule has 20 heavy (non-hydrogen) atoms. The van der Waals surface area contributed by atoms with Crippen molar-refractivity contribution in [3.05, 3.63) is 29.3 Å². The number of nitrogens with one attached hydrogen (secondary N) is 3. The minimum atomic E-state index is -0.543. The average Bonchev–Trinajstić information content (AvgIpc) is 2.44. The van der Waals surface area contributed by atoms with Gasteiger partial charge in [0.1, 0.15) is 6.04 Å². The molecular weight excluding hydrogens is 254 g/mol. The summed E-state index contributed by atoms with van der Waals surface area (Å²) in [5.41, 5.74) is 2.52. The Labute approximate surface area is 120 Å². The molecule has 0 bridgehead atoms. The minimum Gasteiger partial charge on any atom is -0.388 e. The van der Waals surface area contributed by atoms with Crippen molar-refractivity contribution in [2.45, 2.75) is 33.2 Å². The van der Waals surface area contributed by atoms with Gasteiger partial charge in [-0.15, -0.1) is 0 Å². The van der Waals surface area contributed by atoms with Crippen molar-refractivity contribution < 1.29 is 9.59 Å². The maximum atomic E-state index is 12.1. The van der Waals surface area contributed by atoms with Crippen LogP contribution in [0.15, 0.2) is 18.2 Å². The normalized spacial score (nSPS) is 11.6. The highest BCUT2D eigenvalue weighted by Crippen LogP contribution is 2.15. The second-order valence-corrected chi connectivity index (χ2v) is 4.77. The van der Waals surface area contributed by atoms with Crippen LogP contribution >= 0.6 is 0 Å². The number of carbonyl (C=O) groups excluding carboxylic acids is 2. The lowest BCUT2D eigenvalue weighted by Crippen LogP contribution is -2.45. The number of hydrogen-bond acceptors (Lipinski definition) is 3. The van der Waals surface area contributed by atoms with Crippen molar-refractivity contribution in [1.29, 1.82) is 0 Å². The van der Waals surface area contributed by atoms with Crippen LogP contribution < -0.4 is 16.0 Å². The van der Waals surface area contributed by atoms with Crippen LogP contribution in [-0.4, -0.2) is 31.4 Å². The summed E-state index contributed by atoms with van der Waals surface area (Å²) in [5, 5.41) is 8.50. The number of amides is 2. The Morgan fingerprint density at radius 1 is 1.30 bits per heavy atom. The van der Waals surface area contributed by atoms with Gasteiger partial charge < -0.3 is 16.0 Å². The quantitative estimate of drug-likeness (QED) is 0.741. The Hall–Kier alpha value is -2.04. The van der Waals surface area contributed by atoms with E-state index in [-0.39, 0.29) is 11.8 Å². The van der Waals surface area contributed by atoms with E-state index in [9.17, 15) is 9.59 Å². The first-order valence-corrected chi connectivity index (χ1v) is 6.86. The Morgan fingerprint density at radius 2 is 2.00 bits per heavy atom. The monoisotopic (exact) mass is 277 g/mol. The van der Waals surface area contributed by atoms with Crippen LogP contribution in [0.5, 0.6) is 0 Å². The van der Waals surface area contributed by atoms with Gasteiger partial charge in [-0.2, -0.15) is 0 Å². The summed E-state index contributed by atoms with van der Waals surface area (Å²) in [6.45, 7) is 6.21. The molecule has 0 saturated carbocycles. The van der Waals surface area contributed by atoms with Gasteiger partial charge in [0.05, 0.1) is 0 Å². The molecule has 0 fully saturated rings. The van der Waals surface area contributed by atoms with Crippen LogP contribution in [0.2, 0.25) is 0 Å². The molecule has 5 heteroatoms. The van der Waals surface area contributed by atoms with Gasteiger partial charge in [-0.1, -0.05) is 6.92 Å². The van der Waals surface area contributed by atoms with Crippen molar-refractivity contribution in [3.8, 4) is 0 Å². The van der Waals surface area contributed by atoms with E-state index in [2.05, 4.69) is 16.0 Å². The number of hydrogen-bond donors (Lipinski definition) is 3. The zero-order chi connectivity index (χ0) is 15.1. The molecule has 0 heterocycles. The highest BCUT2D eigenvalue weighted by Gasteiger charge is 2.16. The highest BCUT2D eigenvalue weighted by molar-refractivity contribution is 5.97. The van der Waals surface area contributed by atoms with Gasteiger partial charge in [0.15, 0.2) is 0 Å². The van der Waals surface area contributed by atoms with Gasteiger partial charge in [-0.3, -0.25) is 9.59 Å². The fourth-order valence-electron chi connectivity index (χ4n) is 1.83. The summed E-state index contributed by atoms with van der Waals surface area (Å²) < 4.78 is 0. The molecule has 0 radical (unpaired) electrons. The maximum absolute atomic E-state index is 12.1. The first-order valence-electron chi connectivity index (χ1n) is 6.86. The molecule has 1 rings (SSSR count). The smallest absolute Gasteiger partial charge is 0.251 e. The first-order chi connectivity index (χ1) is 9.49. The molecule has 0 saturated heterocycles. The highest BCUT2D eigenvalue weighted by atomic mass is 16.2. The molecule has 110 valence electrons. The summed E-state index contributed by atoms with van der Waals surface area (Å²) >= 11 is 0. The molecule has 0 spiro atoms. The van der Waals surface area contributed by atoms with E-state index in [1.165, 1.54) is 0 Å². The third-order valence-electron chi connectivity index (χ3n) is 3.05. The molecule has 1 atom stereocenters. The maximum Gasteiger partial charge on any atom is 0.251 e. The molecule has 1 aromatic rings. The number of rotatable bonds is 6. The van der Waals surface area contributed by atoms with Crippen molar-refractivity contribution in [1.82, 2.24) is 10.6 Å². The molecule has 3 N–H and O–H groups in total. The number of aryl methyl sites for hydroxylation is 1. The first kappa shape index (κ1) is 16.0. The van der Waals surface area contributed by atoms with E-state index >= 15 is 0 Å². The van der Waals surface area contributed by atoms with Gasteiger partial charge in [-0.25, -0.2) is 0 Å². The Morgan fingerprint density at radius 3 is 2.55 bits per heavy atom. The molecule has 1 aromatic carbocycles. The number of anilines is 1. The summed E-state index contributed by atoms with van der Waals surface area (Å²) in [7, 11) is 1.84. The van der Waals surface area contributed by atoms with Gasteiger partial charge in [-0.05, 0) is 44.0 Å². The van der Waals surface area contributed by atoms with Gasteiger partial charge in [0.2, 0.25) is 5.91 Å². The van der Waals surface area contributed by atoms with Crippen LogP contribution in [0, 0.1) is 6.92 Å². The Kier molecular flexibility index (Phi) is 6.03. The molecule has 2 amide bonds. The fraction of sp³-hybridized carbons (Fsp3) is 0.467. The number of benzene rings is 1. The van der Waals surface area contributed by atoms with Crippen molar-refractivity contribution in [3.63, 3.8) is 0 Å². The van der Waals surface area contributed by atoms with E-state index in [4.69, 9.17) is 0 Å². The van der Waals surface area contributed by atoms with Gasteiger partial charge >= 0.3 is 0 Å². The predicted molar refractivity (Wildman–Crippen MR) is 81.0 cm³/mol. The summed E-state index contributed by atoms with van der Waals surface area (Å²) in [5.74, 6) is -0.404. The molecular formula is C15H23N3O2. The van der Waals surface area contributed by atoms with E-state index in [0.717, 1.165) is 17.7 Å². The summed E-state index contributed by atoms with van der Waals surface area (Å²) in [6.07, 6.45) is 0.872. The zero-order valence-corrected chi connectivity index (χ0v) is 12.5. The second kappa shape index (κ2) is 7.53. The molecule has 5 nitrogen and oxygen atoms in total. The van der Waals surface area contributed by atoms with Crippen LogP contribution in [-0.2, 0) is 4.79 Å². The summed E-state index contributed by atoms with van der Waals surface area (Å²) in [4.78, 5) is 23.8. The van der Waals surface area contributed by atoms with E-state index in [1.807, 2.05) is 27.0 Å². The fourth-order valence-corrected chi connectivity index (χ4v) is 1.83. The lowest BCUT2D eigenvalue weighted by molar-refractivity contribution is -0.122. The van der Waals surface area contributed by atoms with Crippen molar-refractivity contribution >= 4 is 17.5 Å². The van der Waals surface area contributed by atoms with E-state index in [0.29, 0.717) is 12.1 Å². The topological polar surface area (TPSA) is 70.2 Å².